The van der Waals surface area contributed by atoms with Crippen molar-refractivity contribution in [1.82, 2.24) is 9.97 Å². The number of nitro benzene ring substituents is 1. The molecule has 10 heteroatoms. The maximum Gasteiger partial charge on any atom is 0.339 e. The average Bonchev–Trinajstić information content (AvgIpc) is 2.72. The van der Waals surface area contributed by atoms with Crippen LogP contribution in [0.5, 0.6) is 0 Å². The first-order valence-corrected chi connectivity index (χ1v) is 8.38. The van der Waals surface area contributed by atoms with E-state index in [0.29, 0.717) is 10.9 Å². The van der Waals surface area contributed by atoms with Crippen LogP contribution in [-0.2, 0) is 9.47 Å². The van der Waals surface area contributed by atoms with E-state index in [0.717, 1.165) is 25.3 Å². The summed E-state index contributed by atoms with van der Waals surface area (Å²) in [4.78, 5) is 53.6. The van der Waals surface area contributed by atoms with Crippen LogP contribution in [0.2, 0.25) is 0 Å². The predicted molar refractivity (Wildman–Crippen MR) is 101 cm³/mol. The van der Waals surface area contributed by atoms with E-state index in [1.807, 2.05) is 0 Å². The van der Waals surface area contributed by atoms with Gasteiger partial charge in [0.2, 0.25) is 0 Å². The number of carbonyl (C=O) groups excluding carboxylic acids is 2. The molecule has 0 fully saturated rings. The number of rotatable bonds is 5. The zero-order chi connectivity index (χ0) is 21.1. The third kappa shape index (κ3) is 4.10. The molecule has 0 bridgehead atoms. The van der Waals surface area contributed by atoms with Gasteiger partial charge in [0.15, 0.2) is 11.9 Å². The van der Waals surface area contributed by atoms with E-state index in [-0.39, 0.29) is 17.0 Å². The number of fused-ring (bicyclic) bond motifs is 1. The Balaban J connectivity index is 1.91. The minimum Gasteiger partial charge on any atom is -0.465 e. The molecule has 148 valence electrons. The highest BCUT2D eigenvalue weighted by atomic mass is 16.6. The topological polar surface area (TPSA) is 141 Å². The monoisotopic (exact) mass is 397 g/mol. The van der Waals surface area contributed by atoms with Gasteiger partial charge in [-0.1, -0.05) is 12.1 Å². The van der Waals surface area contributed by atoms with Crippen LogP contribution in [0.1, 0.15) is 39.6 Å². The molecule has 3 aromatic rings. The summed E-state index contributed by atoms with van der Waals surface area (Å²) in [5.74, 6) is -1.65. The lowest BCUT2D eigenvalue weighted by Crippen LogP contribution is -2.18. The normalized spacial score (nSPS) is 11.7. The van der Waals surface area contributed by atoms with Crippen LogP contribution in [0.4, 0.5) is 5.69 Å². The van der Waals surface area contributed by atoms with Crippen molar-refractivity contribution in [3.63, 3.8) is 0 Å². The number of carbonyl (C=O) groups is 2. The van der Waals surface area contributed by atoms with Gasteiger partial charge in [0.1, 0.15) is 0 Å². The largest absolute Gasteiger partial charge is 0.465 e. The summed E-state index contributed by atoms with van der Waals surface area (Å²) in [6.07, 6.45) is -0.958. The number of hydrogen-bond donors (Lipinski definition) is 1. The number of aromatic amines is 1. The third-order valence-corrected chi connectivity index (χ3v) is 4.09. The van der Waals surface area contributed by atoms with Crippen LogP contribution >= 0.6 is 0 Å². The Morgan fingerprint density at radius 3 is 2.45 bits per heavy atom. The highest BCUT2D eigenvalue weighted by Gasteiger charge is 2.22. The van der Waals surface area contributed by atoms with Gasteiger partial charge < -0.3 is 14.5 Å². The molecule has 0 aliphatic heterocycles. The lowest BCUT2D eigenvalue weighted by molar-refractivity contribution is -0.384. The summed E-state index contributed by atoms with van der Waals surface area (Å²) in [5, 5.41) is 11.5. The molecule has 3 rings (SSSR count). The predicted octanol–water partition coefficient (Wildman–Crippen LogP) is 2.54. The molecular formula is C19H15N3O7. The van der Waals surface area contributed by atoms with Crippen LogP contribution in [-0.4, -0.2) is 33.9 Å². The summed E-state index contributed by atoms with van der Waals surface area (Å²) in [6.45, 7) is 1.49. The van der Waals surface area contributed by atoms with Gasteiger partial charge in [0.25, 0.3) is 11.2 Å². The first kappa shape index (κ1) is 19.7. The van der Waals surface area contributed by atoms with Crippen molar-refractivity contribution in [1.29, 1.82) is 0 Å². The Labute approximate surface area is 163 Å². The molecule has 0 aliphatic carbocycles. The van der Waals surface area contributed by atoms with Crippen LogP contribution in [0, 0.1) is 10.1 Å². The summed E-state index contributed by atoms with van der Waals surface area (Å²) in [7, 11) is 1.11. The van der Waals surface area contributed by atoms with Crippen LogP contribution < -0.4 is 5.56 Å². The zero-order valence-corrected chi connectivity index (χ0v) is 15.4. The molecule has 1 unspecified atom stereocenters. The molecule has 0 amide bonds. The van der Waals surface area contributed by atoms with Crippen molar-refractivity contribution < 1.29 is 24.0 Å². The van der Waals surface area contributed by atoms with E-state index in [4.69, 9.17) is 4.74 Å². The molecule has 29 heavy (non-hydrogen) atoms. The quantitative estimate of drug-likeness (QED) is 0.393. The molecular weight excluding hydrogens is 382 g/mol. The van der Waals surface area contributed by atoms with E-state index >= 15 is 0 Å². The van der Waals surface area contributed by atoms with E-state index in [9.17, 15) is 24.5 Å². The Bertz CT molecular complexity index is 1190. The number of H-pyrrole nitrogens is 1. The van der Waals surface area contributed by atoms with Gasteiger partial charge >= 0.3 is 11.9 Å². The third-order valence-electron chi connectivity index (χ3n) is 4.09. The van der Waals surface area contributed by atoms with Crippen LogP contribution in [0.25, 0.3) is 10.9 Å². The summed E-state index contributed by atoms with van der Waals surface area (Å²) < 4.78 is 9.83. The molecule has 1 N–H and O–H groups in total. The van der Waals surface area contributed by atoms with E-state index in [1.165, 1.54) is 6.92 Å². The van der Waals surface area contributed by atoms with Gasteiger partial charge in [-0.25, -0.2) is 14.6 Å². The Hall–Kier alpha value is -4.08. The second-order valence-electron chi connectivity index (χ2n) is 6.03. The second kappa shape index (κ2) is 7.89. The zero-order valence-electron chi connectivity index (χ0n) is 15.4. The summed E-state index contributed by atoms with van der Waals surface area (Å²) >= 11 is 0. The smallest absolute Gasteiger partial charge is 0.339 e. The fourth-order valence-electron chi connectivity index (χ4n) is 2.65. The minimum absolute atomic E-state index is 0.112. The number of methoxy groups -OCH3 is 1. The maximum absolute atomic E-state index is 12.5. The number of para-hydroxylation sites is 1. The van der Waals surface area contributed by atoms with Gasteiger partial charge in [0, 0.05) is 12.1 Å². The molecule has 10 nitrogen and oxygen atoms in total. The van der Waals surface area contributed by atoms with Gasteiger partial charge in [-0.2, -0.15) is 0 Å². The Morgan fingerprint density at radius 1 is 1.14 bits per heavy atom. The molecule has 0 saturated heterocycles. The lowest BCUT2D eigenvalue weighted by atomic mass is 10.1. The number of nitro groups is 1. The number of nitrogens with zero attached hydrogens (tertiary/aromatic N) is 2. The van der Waals surface area contributed by atoms with Gasteiger partial charge in [-0.15, -0.1) is 0 Å². The number of esters is 2. The van der Waals surface area contributed by atoms with Crippen molar-refractivity contribution in [2.24, 2.45) is 0 Å². The van der Waals surface area contributed by atoms with E-state index < -0.39 is 34.2 Å². The van der Waals surface area contributed by atoms with Crippen LogP contribution in [0.15, 0.2) is 47.3 Å². The molecule has 0 radical (unpaired) electrons. The molecule has 2 aromatic carbocycles. The average molecular weight is 397 g/mol. The molecule has 1 atom stereocenters. The molecule has 0 aliphatic rings. The van der Waals surface area contributed by atoms with Gasteiger partial charge in [-0.05, 0) is 25.1 Å². The lowest BCUT2D eigenvalue weighted by Gasteiger charge is -2.13. The van der Waals surface area contributed by atoms with Crippen molar-refractivity contribution in [3.05, 3.63) is 79.9 Å². The second-order valence-corrected chi connectivity index (χ2v) is 6.03. The van der Waals surface area contributed by atoms with Gasteiger partial charge in [-0.3, -0.25) is 14.9 Å². The van der Waals surface area contributed by atoms with Crippen molar-refractivity contribution in [3.8, 4) is 0 Å². The number of hydrogen-bond acceptors (Lipinski definition) is 8. The van der Waals surface area contributed by atoms with Crippen molar-refractivity contribution in [2.75, 3.05) is 7.11 Å². The number of benzene rings is 2. The SMILES string of the molecule is COC(=O)c1cc(C(=O)OC(C)c2nc3ccccc3c(=O)[nH]2)cc([N+](=O)[O-])c1. The molecule has 0 spiro atoms. The number of non-ortho nitro benzene ring substituents is 1. The molecule has 1 aromatic heterocycles. The highest BCUT2D eigenvalue weighted by molar-refractivity contribution is 5.96. The number of nitrogens with one attached hydrogen (secondary N) is 1. The van der Waals surface area contributed by atoms with Crippen molar-refractivity contribution >= 4 is 28.5 Å². The minimum atomic E-state index is -0.958. The standard InChI is InChI=1S/C19H15N3O7/c1-10(16-20-15-6-4-3-5-14(15)17(23)21-16)29-19(25)12-7-11(18(24)28-2)8-13(9-12)22(26)27/h3-10H,1-2H3,(H,20,21,23). The summed E-state index contributed by atoms with van der Waals surface area (Å²) in [5.41, 5.74) is -0.813. The first-order chi connectivity index (χ1) is 13.8. The first-order valence-electron chi connectivity index (χ1n) is 8.38. The number of aromatic nitrogens is 2. The van der Waals surface area contributed by atoms with Gasteiger partial charge in [0.05, 0.1) is 34.1 Å². The summed E-state index contributed by atoms with van der Waals surface area (Å²) in [6, 6.07) is 9.78. The van der Waals surface area contributed by atoms with Crippen molar-refractivity contribution in [2.45, 2.75) is 13.0 Å². The number of ether oxygens (including phenoxy) is 2. The Morgan fingerprint density at radius 2 is 1.79 bits per heavy atom. The van der Waals surface area contributed by atoms with E-state index in [1.54, 1.807) is 24.3 Å². The molecule has 0 saturated carbocycles. The fourth-order valence-corrected chi connectivity index (χ4v) is 2.65. The van der Waals surface area contributed by atoms with Crippen LogP contribution in [0.3, 0.4) is 0 Å². The highest BCUT2D eigenvalue weighted by Crippen LogP contribution is 2.21. The molecule has 1 heterocycles. The maximum atomic E-state index is 12.5. The van der Waals surface area contributed by atoms with E-state index in [2.05, 4.69) is 14.7 Å². The Kier molecular flexibility index (Phi) is 5.35. The fraction of sp³-hybridized carbons (Fsp3) is 0.158.